The van der Waals surface area contributed by atoms with Gasteiger partial charge in [0, 0.05) is 0 Å². The minimum atomic E-state index is -4.56. The molecule has 7 heteroatoms. The van der Waals surface area contributed by atoms with Crippen LogP contribution < -0.4 is 11.5 Å². The Balaban J connectivity index is 3.11. The third kappa shape index (κ3) is 3.22. The number of hydrogen-bond donors (Lipinski definition) is 2. The molecule has 0 heterocycles. The summed E-state index contributed by atoms with van der Waals surface area (Å²) in [5.41, 5.74) is 8.75. The Hall–Kier alpha value is -2.05. The van der Waals surface area contributed by atoms with Gasteiger partial charge < -0.3 is 11.5 Å². The molecular formula is C11H11F3N2O2. The smallest absolute Gasteiger partial charge is 0.369 e. The molecular weight excluding hydrogens is 249 g/mol. The number of amides is 2. The zero-order valence-electron chi connectivity index (χ0n) is 9.20. The molecule has 0 aliphatic heterocycles. The van der Waals surface area contributed by atoms with Crippen molar-refractivity contribution in [2.24, 2.45) is 17.4 Å². The van der Waals surface area contributed by atoms with E-state index in [0.29, 0.717) is 0 Å². The van der Waals surface area contributed by atoms with Crippen molar-refractivity contribution in [1.82, 2.24) is 0 Å². The Morgan fingerprint density at radius 2 is 1.61 bits per heavy atom. The molecule has 0 aromatic heterocycles. The standard InChI is InChI=1S/C11H11F3N2O2/c12-11(13,14)8-4-2-1-3-6(8)5-7(9(15)17)10(16)18/h1-4,7H,5H2,(H2,15,17)(H2,16,18). The molecule has 0 saturated carbocycles. The molecule has 0 aliphatic rings. The monoisotopic (exact) mass is 260 g/mol. The van der Waals surface area contributed by atoms with Gasteiger partial charge in [-0.05, 0) is 18.1 Å². The fourth-order valence-electron chi connectivity index (χ4n) is 1.54. The van der Waals surface area contributed by atoms with Crippen molar-refractivity contribution < 1.29 is 22.8 Å². The van der Waals surface area contributed by atoms with Crippen LogP contribution in [0.1, 0.15) is 11.1 Å². The predicted molar refractivity (Wildman–Crippen MR) is 57.0 cm³/mol. The lowest BCUT2D eigenvalue weighted by atomic mass is 9.94. The fraction of sp³-hybridized carbons (Fsp3) is 0.273. The average molecular weight is 260 g/mol. The quantitative estimate of drug-likeness (QED) is 0.786. The number of primary amides is 2. The molecule has 18 heavy (non-hydrogen) atoms. The van der Waals surface area contributed by atoms with Crippen LogP contribution in [0.5, 0.6) is 0 Å². The molecule has 0 unspecified atom stereocenters. The normalized spacial score (nSPS) is 11.6. The number of hydrogen-bond acceptors (Lipinski definition) is 2. The van der Waals surface area contributed by atoms with Gasteiger partial charge in [-0.25, -0.2) is 0 Å². The third-order valence-electron chi connectivity index (χ3n) is 2.43. The molecule has 4 N–H and O–H groups in total. The van der Waals surface area contributed by atoms with Gasteiger partial charge in [-0.2, -0.15) is 13.2 Å². The lowest BCUT2D eigenvalue weighted by Crippen LogP contribution is -2.36. The molecule has 0 radical (unpaired) electrons. The van der Waals surface area contributed by atoms with Crippen LogP contribution >= 0.6 is 0 Å². The summed E-state index contributed by atoms with van der Waals surface area (Å²) in [5.74, 6) is -3.53. The summed E-state index contributed by atoms with van der Waals surface area (Å²) in [6, 6.07) is 4.65. The van der Waals surface area contributed by atoms with Gasteiger partial charge in [0.25, 0.3) is 0 Å². The van der Waals surface area contributed by atoms with Crippen LogP contribution in [0, 0.1) is 5.92 Å². The minimum absolute atomic E-state index is 0.187. The van der Waals surface area contributed by atoms with E-state index in [-0.39, 0.29) is 5.56 Å². The Morgan fingerprint density at radius 1 is 1.11 bits per heavy atom. The number of alkyl halides is 3. The topological polar surface area (TPSA) is 86.2 Å². The summed E-state index contributed by atoms with van der Waals surface area (Å²) < 4.78 is 38.0. The fourth-order valence-corrected chi connectivity index (χ4v) is 1.54. The molecule has 2 amide bonds. The number of halogens is 3. The first-order valence-corrected chi connectivity index (χ1v) is 4.97. The Morgan fingerprint density at radius 3 is 2.06 bits per heavy atom. The second-order valence-electron chi connectivity index (χ2n) is 3.72. The van der Waals surface area contributed by atoms with Crippen LogP contribution in [0.15, 0.2) is 24.3 Å². The van der Waals surface area contributed by atoms with Crippen LogP contribution in [-0.4, -0.2) is 11.8 Å². The first-order chi connectivity index (χ1) is 8.23. The van der Waals surface area contributed by atoms with Gasteiger partial charge in [0.1, 0.15) is 5.92 Å². The van der Waals surface area contributed by atoms with E-state index in [2.05, 4.69) is 0 Å². The Kier molecular flexibility index (Phi) is 3.95. The zero-order chi connectivity index (χ0) is 13.9. The largest absolute Gasteiger partial charge is 0.416 e. The van der Waals surface area contributed by atoms with Gasteiger partial charge in [0.05, 0.1) is 5.56 Å². The summed E-state index contributed by atoms with van der Waals surface area (Å²) in [4.78, 5) is 21.9. The second-order valence-corrected chi connectivity index (χ2v) is 3.72. The number of carbonyl (C=O) groups is 2. The number of nitrogens with two attached hydrogens (primary N) is 2. The molecule has 0 saturated heterocycles. The first-order valence-electron chi connectivity index (χ1n) is 4.97. The lowest BCUT2D eigenvalue weighted by Gasteiger charge is -2.15. The van der Waals surface area contributed by atoms with E-state index < -0.39 is 35.9 Å². The first kappa shape index (κ1) is 14.0. The summed E-state index contributed by atoms with van der Waals surface area (Å²) in [6.45, 7) is 0. The molecule has 0 aliphatic carbocycles. The maximum absolute atomic E-state index is 12.7. The molecule has 98 valence electrons. The van der Waals surface area contributed by atoms with Crippen molar-refractivity contribution >= 4 is 11.8 Å². The van der Waals surface area contributed by atoms with Crippen LogP contribution in [0.25, 0.3) is 0 Å². The van der Waals surface area contributed by atoms with Gasteiger partial charge in [-0.15, -0.1) is 0 Å². The summed E-state index contributed by atoms with van der Waals surface area (Å²) in [5, 5.41) is 0. The van der Waals surface area contributed by atoms with Gasteiger partial charge in [-0.3, -0.25) is 9.59 Å². The van der Waals surface area contributed by atoms with Crippen LogP contribution in [0.2, 0.25) is 0 Å². The van der Waals surface area contributed by atoms with E-state index >= 15 is 0 Å². The van der Waals surface area contributed by atoms with Gasteiger partial charge >= 0.3 is 6.18 Å². The summed E-state index contributed by atoms with van der Waals surface area (Å²) in [6.07, 6.45) is -5.02. The summed E-state index contributed by atoms with van der Waals surface area (Å²) >= 11 is 0. The van der Waals surface area contributed by atoms with Gasteiger partial charge in [0.2, 0.25) is 11.8 Å². The molecule has 0 atom stereocenters. The SMILES string of the molecule is NC(=O)C(Cc1ccccc1C(F)(F)F)C(N)=O. The van der Waals surface area contributed by atoms with Crippen molar-refractivity contribution in [3.63, 3.8) is 0 Å². The van der Waals surface area contributed by atoms with E-state index in [0.717, 1.165) is 6.07 Å². The van der Waals surface area contributed by atoms with E-state index in [9.17, 15) is 22.8 Å². The average Bonchev–Trinajstić information content (AvgIpc) is 2.24. The molecule has 1 aromatic carbocycles. The van der Waals surface area contributed by atoms with Crippen molar-refractivity contribution in [1.29, 1.82) is 0 Å². The van der Waals surface area contributed by atoms with Crippen LogP contribution in [0.4, 0.5) is 13.2 Å². The van der Waals surface area contributed by atoms with Gasteiger partial charge in [-0.1, -0.05) is 18.2 Å². The Labute approximate surface area is 101 Å². The van der Waals surface area contributed by atoms with Gasteiger partial charge in [0.15, 0.2) is 0 Å². The lowest BCUT2D eigenvalue weighted by molar-refractivity contribution is -0.139. The van der Waals surface area contributed by atoms with E-state index in [1.807, 2.05) is 0 Å². The van der Waals surface area contributed by atoms with E-state index in [1.165, 1.54) is 18.2 Å². The maximum atomic E-state index is 12.7. The van der Waals surface area contributed by atoms with Crippen LogP contribution in [0.3, 0.4) is 0 Å². The number of benzene rings is 1. The van der Waals surface area contributed by atoms with E-state index in [1.54, 1.807) is 0 Å². The third-order valence-corrected chi connectivity index (χ3v) is 2.43. The highest BCUT2D eigenvalue weighted by Gasteiger charge is 2.34. The summed E-state index contributed by atoms with van der Waals surface area (Å²) in [7, 11) is 0. The number of carbonyl (C=O) groups excluding carboxylic acids is 2. The molecule has 4 nitrogen and oxygen atoms in total. The van der Waals surface area contributed by atoms with E-state index in [4.69, 9.17) is 11.5 Å². The molecule has 1 rings (SSSR count). The van der Waals surface area contributed by atoms with Crippen molar-refractivity contribution in [2.45, 2.75) is 12.6 Å². The molecule has 0 bridgehead atoms. The molecule has 1 aromatic rings. The number of rotatable bonds is 4. The predicted octanol–water partition coefficient (Wildman–Crippen LogP) is 0.835. The minimum Gasteiger partial charge on any atom is -0.369 e. The van der Waals surface area contributed by atoms with Crippen molar-refractivity contribution in [3.8, 4) is 0 Å². The van der Waals surface area contributed by atoms with Crippen LogP contribution in [-0.2, 0) is 22.2 Å². The molecule has 0 fully saturated rings. The maximum Gasteiger partial charge on any atom is 0.416 e. The highest BCUT2D eigenvalue weighted by molar-refractivity contribution is 5.99. The second kappa shape index (κ2) is 5.07. The van der Waals surface area contributed by atoms with Crippen molar-refractivity contribution in [2.75, 3.05) is 0 Å². The zero-order valence-corrected chi connectivity index (χ0v) is 9.20. The highest BCUT2D eigenvalue weighted by Crippen LogP contribution is 2.32. The Bertz CT molecular complexity index is 458. The highest BCUT2D eigenvalue weighted by atomic mass is 19.4. The van der Waals surface area contributed by atoms with Crippen molar-refractivity contribution in [3.05, 3.63) is 35.4 Å². The molecule has 0 spiro atoms.